The Kier molecular flexibility index (Phi) is 8.72. The Hall–Kier alpha value is 0.420. The van der Waals surface area contributed by atoms with E-state index in [1.165, 1.54) is 0 Å². The zero-order valence-corrected chi connectivity index (χ0v) is 2.25. The van der Waals surface area contributed by atoms with Crippen molar-refractivity contribution in [1.82, 2.24) is 0 Å². The summed E-state index contributed by atoms with van der Waals surface area (Å²) in [6, 6.07) is 0. The minimum absolute atomic E-state index is 0. The van der Waals surface area contributed by atoms with E-state index in [9.17, 15) is 0 Å². The number of hydrogen-bond acceptors (Lipinski definition) is 4. The second kappa shape index (κ2) is 5.42. The van der Waals surface area contributed by atoms with Crippen molar-refractivity contribution in [3.05, 3.63) is 10.1 Å². The first-order valence-electron chi connectivity index (χ1n) is 0.783. The van der Waals surface area contributed by atoms with Gasteiger partial charge in [-0.3, -0.25) is 0 Å². The molecule has 0 aromatic carbocycles. The van der Waals surface area contributed by atoms with Gasteiger partial charge in [0.2, 0.25) is 0 Å². The average Bonchev–Trinajstić information content (AvgIpc) is 1.38. The molecule has 0 aliphatic heterocycles. The van der Waals surface area contributed by atoms with Crippen LogP contribution in [0.15, 0.2) is 0 Å². The second-order valence-corrected chi connectivity index (χ2v) is 0.329. The van der Waals surface area contributed by atoms with E-state index in [2.05, 4.69) is 10.8 Å². The summed E-state index contributed by atoms with van der Waals surface area (Å²) in [6.45, 7) is 0. The van der Waals surface area contributed by atoms with Gasteiger partial charge in [-0.25, -0.2) is 4.94 Å². The van der Waals surface area contributed by atoms with Crippen LogP contribution < -0.4 is 5.90 Å². The summed E-state index contributed by atoms with van der Waals surface area (Å²) in [7, 11) is 0. The van der Waals surface area contributed by atoms with E-state index in [-0.39, 0.29) is 37.7 Å². The molecule has 34 valence electrons. The predicted molar refractivity (Wildman–Crippen MR) is 20.8 cm³/mol. The molecule has 0 spiro atoms. The van der Waals surface area contributed by atoms with Crippen molar-refractivity contribution in [3.63, 3.8) is 0 Å². The number of nitrogens with zero attached hydrogens (tertiary/aromatic N) is 1. The van der Waals surface area contributed by atoms with Gasteiger partial charge in [0.1, 0.15) is 0 Å². The van der Waals surface area contributed by atoms with Gasteiger partial charge >= 0.3 is 42.8 Å². The van der Waals surface area contributed by atoms with Gasteiger partial charge < -0.3 is 0 Å². The second-order valence-electron chi connectivity index (χ2n) is 0.329. The van der Waals surface area contributed by atoms with Crippen LogP contribution in [0.2, 0.25) is 0 Å². The fourth-order valence-electron chi connectivity index (χ4n) is 0. The van der Waals surface area contributed by atoms with E-state index < -0.39 is 5.09 Å². The molecule has 5 nitrogen and oxygen atoms in total. The van der Waals surface area contributed by atoms with Crippen molar-refractivity contribution in [2.45, 2.75) is 0 Å². The molecule has 0 saturated heterocycles. The molecule has 0 fully saturated rings. The molecule has 0 unspecified atom stereocenters. The SMILES string of the molecule is NO[N+](=O)[O-].[CaH2]. The number of nitrogens with two attached hydrogens (primary N) is 1. The van der Waals surface area contributed by atoms with E-state index in [4.69, 9.17) is 10.1 Å². The molecule has 0 aromatic rings. The Morgan fingerprint density at radius 1 is 1.83 bits per heavy atom. The fraction of sp³-hybridized carbons (Fsp3) is 0. The molecule has 0 saturated carbocycles. The molecule has 0 aliphatic rings. The molecule has 0 rings (SSSR count). The van der Waals surface area contributed by atoms with E-state index >= 15 is 0 Å². The van der Waals surface area contributed by atoms with E-state index in [1.54, 1.807) is 0 Å². The van der Waals surface area contributed by atoms with Gasteiger partial charge in [0, 0.05) is 0 Å². The quantitative estimate of drug-likeness (QED) is 0.250. The molecule has 6 heteroatoms. The van der Waals surface area contributed by atoms with Gasteiger partial charge in [-0.05, 0) is 0 Å². The molecular formula is H4CaN2O3. The van der Waals surface area contributed by atoms with Crippen LogP contribution >= 0.6 is 0 Å². The molecule has 6 heavy (non-hydrogen) atoms. The first-order valence-corrected chi connectivity index (χ1v) is 0.783. The van der Waals surface area contributed by atoms with Gasteiger partial charge in [0.25, 0.3) is 0 Å². The Morgan fingerprint density at radius 3 is 2.00 bits per heavy atom. The molecular weight excluding hydrogens is 116 g/mol. The third kappa shape index (κ3) is 8.83. The summed E-state index contributed by atoms with van der Waals surface area (Å²) in [6.07, 6.45) is 0. The van der Waals surface area contributed by atoms with Crippen molar-refractivity contribution in [3.8, 4) is 0 Å². The zero-order valence-electron chi connectivity index (χ0n) is 2.25. The van der Waals surface area contributed by atoms with Crippen LogP contribution in [0.3, 0.4) is 0 Å². The number of hydrogen-bond donors (Lipinski definition) is 1. The summed E-state index contributed by atoms with van der Waals surface area (Å²) in [4.78, 5) is 11.8. The molecule has 0 aliphatic carbocycles. The van der Waals surface area contributed by atoms with Gasteiger partial charge in [-0.15, -0.1) is 10.1 Å². The van der Waals surface area contributed by atoms with Crippen LogP contribution in [0.5, 0.6) is 0 Å². The monoisotopic (exact) mass is 120 g/mol. The number of rotatable bonds is 1. The first kappa shape index (κ1) is 9.65. The molecule has 0 aromatic heterocycles. The third-order valence-electron chi connectivity index (χ3n) is 0.0861. The average molecular weight is 120 g/mol. The molecule has 0 heterocycles. The predicted octanol–water partition coefficient (Wildman–Crippen LogP) is -1.85. The Bertz CT molecular complexity index is 44.1. The molecule has 0 bridgehead atoms. The zero-order chi connectivity index (χ0) is 4.28. The molecule has 2 N–H and O–H groups in total. The summed E-state index contributed by atoms with van der Waals surface area (Å²) in [5.41, 5.74) is 0. The molecule has 0 amide bonds. The van der Waals surface area contributed by atoms with E-state index in [0.717, 1.165) is 0 Å². The van der Waals surface area contributed by atoms with Gasteiger partial charge in [-0.2, -0.15) is 5.90 Å². The molecule has 0 atom stereocenters. The van der Waals surface area contributed by atoms with Gasteiger partial charge in [-0.1, -0.05) is 0 Å². The van der Waals surface area contributed by atoms with Crippen LogP contribution in [0, 0.1) is 10.1 Å². The van der Waals surface area contributed by atoms with E-state index in [1.807, 2.05) is 0 Å². The van der Waals surface area contributed by atoms with Crippen molar-refractivity contribution in [1.29, 1.82) is 0 Å². The van der Waals surface area contributed by atoms with Crippen molar-refractivity contribution in [2.24, 2.45) is 5.90 Å². The fourth-order valence-corrected chi connectivity index (χ4v) is 0. The summed E-state index contributed by atoms with van der Waals surface area (Å²) < 4.78 is 0. The maximum atomic E-state index is 8.83. The van der Waals surface area contributed by atoms with Gasteiger partial charge in [0.05, 0.1) is 0 Å². The van der Waals surface area contributed by atoms with Crippen LogP contribution in [0.25, 0.3) is 0 Å². The van der Waals surface area contributed by atoms with Crippen LogP contribution in [-0.4, -0.2) is 42.8 Å². The minimum atomic E-state index is -1.10. The third-order valence-corrected chi connectivity index (χ3v) is 0.0861. The van der Waals surface area contributed by atoms with Crippen LogP contribution in [-0.2, 0) is 4.94 Å². The van der Waals surface area contributed by atoms with E-state index in [0.29, 0.717) is 0 Å². The summed E-state index contributed by atoms with van der Waals surface area (Å²) in [5.74, 6) is 3.97. The topological polar surface area (TPSA) is 78.4 Å². The van der Waals surface area contributed by atoms with Crippen molar-refractivity contribution < 1.29 is 10.0 Å². The van der Waals surface area contributed by atoms with Crippen molar-refractivity contribution >= 4 is 37.7 Å². The van der Waals surface area contributed by atoms with Crippen LogP contribution in [0.4, 0.5) is 0 Å². The summed E-state index contributed by atoms with van der Waals surface area (Å²) in [5, 5.41) is 7.73. The standard InChI is InChI=1S/Ca.H2N2O3.2H/c;1-5-2(3)4;;/h;1H2;;. The Morgan fingerprint density at radius 2 is 2.00 bits per heavy atom. The van der Waals surface area contributed by atoms with Gasteiger partial charge in [0.15, 0.2) is 0 Å². The normalized spacial score (nSPS) is 5.50. The Labute approximate surface area is 63.5 Å². The first-order chi connectivity index (χ1) is 2.27. The van der Waals surface area contributed by atoms with Crippen LogP contribution in [0.1, 0.15) is 0 Å². The maximum absolute atomic E-state index is 8.83. The molecule has 0 radical (unpaired) electrons. The Balaban J connectivity index is 0. The van der Waals surface area contributed by atoms with Crippen molar-refractivity contribution in [2.75, 3.05) is 0 Å². The summed E-state index contributed by atoms with van der Waals surface area (Å²) >= 11 is 0.